The van der Waals surface area contributed by atoms with E-state index in [1.165, 1.54) is 23.1 Å². The molecule has 3 rings (SSSR count). The van der Waals surface area contributed by atoms with Gasteiger partial charge in [0, 0.05) is 12.1 Å². The van der Waals surface area contributed by atoms with Gasteiger partial charge >= 0.3 is 0 Å². The fourth-order valence-corrected chi connectivity index (χ4v) is 3.08. The highest BCUT2D eigenvalue weighted by Crippen LogP contribution is 2.20. The molecule has 144 valence electrons. The molecule has 0 aliphatic rings. The molecular weight excluding hydrogens is 403 g/mol. The lowest BCUT2D eigenvalue weighted by Gasteiger charge is -2.17. The lowest BCUT2D eigenvalue weighted by Crippen LogP contribution is -2.38. The average molecular weight is 419 g/mol. The Morgan fingerprint density at radius 1 is 1.18 bits per heavy atom. The molecule has 0 spiro atoms. The van der Waals surface area contributed by atoms with Gasteiger partial charge in [-0.1, -0.05) is 35.3 Å². The summed E-state index contributed by atoms with van der Waals surface area (Å²) >= 11 is 11.8. The molecule has 1 heterocycles. The summed E-state index contributed by atoms with van der Waals surface area (Å²) in [4.78, 5) is 45.0. The first-order chi connectivity index (χ1) is 13.3. The third-order valence-corrected chi connectivity index (χ3v) is 4.60. The molecule has 0 saturated heterocycles. The van der Waals surface area contributed by atoms with Gasteiger partial charge in [-0.05, 0) is 30.3 Å². The Kier molecular flexibility index (Phi) is 5.96. The molecule has 0 saturated carbocycles. The van der Waals surface area contributed by atoms with Gasteiger partial charge < -0.3 is 15.2 Å². The number of para-hydroxylation sites is 1. The third-order valence-electron chi connectivity index (χ3n) is 4.05. The molecule has 0 aliphatic carbocycles. The van der Waals surface area contributed by atoms with Crippen molar-refractivity contribution in [1.29, 1.82) is 0 Å². The Labute approximate surface area is 170 Å². The number of rotatable bonds is 5. The topological polar surface area (TPSA) is 95.2 Å². The number of H-pyrrole nitrogens is 1. The van der Waals surface area contributed by atoms with Crippen molar-refractivity contribution in [3.05, 3.63) is 74.3 Å². The zero-order chi connectivity index (χ0) is 20.3. The number of hydrogen-bond acceptors (Lipinski definition) is 4. The molecule has 28 heavy (non-hydrogen) atoms. The number of carbonyl (C=O) groups is 2. The average Bonchev–Trinajstić information content (AvgIpc) is 2.65. The number of aromatic nitrogens is 2. The maximum Gasteiger partial charge on any atom is 0.258 e. The molecule has 0 bridgehead atoms. The maximum absolute atomic E-state index is 12.3. The maximum atomic E-state index is 12.3. The summed E-state index contributed by atoms with van der Waals surface area (Å²) in [6.45, 7) is -0.136. The van der Waals surface area contributed by atoms with Crippen LogP contribution in [-0.4, -0.2) is 40.3 Å². The van der Waals surface area contributed by atoms with Crippen LogP contribution in [0.5, 0.6) is 0 Å². The number of aromatic amines is 1. The van der Waals surface area contributed by atoms with Crippen molar-refractivity contribution in [2.75, 3.05) is 13.6 Å². The van der Waals surface area contributed by atoms with Crippen LogP contribution in [0.25, 0.3) is 10.9 Å². The molecule has 7 nitrogen and oxygen atoms in total. The van der Waals surface area contributed by atoms with E-state index in [0.717, 1.165) is 0 Å². The van der Waals surface area contributed by atoms with Crippen LogP contribution in [0.15, 0.2) is 47.3 Å². The van der Waals surface area contributed by atoms with E-state index in [4.69, 9.17) is 23.2 Å². The van der Waals surface area contributed by atoms with Crippen LogP contribution in [0.2, 0.25) is 10.0 Å². The molecule has 2 N–H and O–H groups in total. The van der Waals surface area contributed by atoms with E-state index in [-0.39, 0.29) is 35.1 Å². The fraction of sp³-hybridized carbons (Fsp3) is 0.158. The molecule has 0 aliphatic heterocycles. The Balaban J connectivity index is 1.63. The van der Waals surface area contributed by atoms with Crippen LogP contribution in [0.4, 0.5) is 0 Å². The lowest BCUT2D eigenvalue weighted by atomic mass is 10.2. The van der Waals surface area contributed by atoms with Crippen molar-refractivity contribution >= 4 is 45.9 Å². The van der Waals surface area contributed by atoms with Gasteiger partial charge in [-0.15, -0.1) is 0 Å². The molecule has 1 aromatic heterocycles. The second-order valence-electron chi connectivity index (χ2n) is 6.09. The van der Waals surface area contributed by atoms with Crippen LogP contribution in [-0.2, 0) is 11.3 Å². The van der Waals surface area contributed by atoms with E-state index in [9.17, 15) is 14.4 Å². The summed E-state index contributed by atoms with van der Waals surface area (Å²) in [6.07, 6.45) is 0. The van der Waals surface area contributed by atoms with E-state index in [1.54, 1.807) is 31.3 Å². The first kappa shape index (κ1) is 19.9. The van der Waals surface area contributed by atoms with E-state index in [1.807, 2.05) is 0 Å². The number of benzene rings is 2. The Morgan fingerprint density at radius 3 is 2.68 bits per heavy atom. The van der Waals surface area contributed by atoms with Crippen LogP contribution >= 0.6 is 23.2 Å². The molecule has 2 aromatic carbocycles. The number of likely N-dealkylation sites (N-methyl/N-ethyl adjacent to an activating group) is 1. The van der Waals surface area contributed by atoms with Gasteiger partial charge in [0.15, 0.2) is 0 Å². The van der Waals surface area contributed by atoms with Gasteiger partial charge in [-0.25, -0.2) is 4.98 Å². The number of hydrogen-bond donors (Lipinski definition) is 2. The van der Waals surface area contributed by atoms with Gasteiger partial charge in [-0.2, -0.15) is 0 Å². The summed E-state index contributed by atoms with van der Waals surface area (Å²) in [5, 5.41) is 3.60. The molecule has 0 fully saturated rings. The first-order valence-electron chi connectivity index (χ1n) is 8.30. The normalized spacial score (nSPS) is 10.7. The van der Waals surface area contributed by atoms with Gasteiger partial charge in [0.05, 0.1) is 34.6 Å². The zero-order valence-electron chi connectivity index (χ0n) is 14.8. The monoisotopic (exact) mass is 418 g/mol. The Bertz CT molecular complexity index is 1110. The van der Waals surface area contributed by atoms with Crippen LogP contribution in [0, 0.1) is 0 Å². The van der Waals surface area contributed by atoms with Crippen molar-refractivity contribution in [2.24, 2.45) is 0 Å². The largest absolute Gasteiger partial charge is 0.343 e. The number of fused-ring (bicyclic) bond motifs is 1. The molecule has 0 radical (unpaired) electrons. The highest BCUT2D eigenvalue weighted by Gasteiger charge is 2.15. The fourth-order valence-electron chi connectivity index (χ4n) is 2.58. The summed E-state index contributed by atoms with van der Waals surface area (Å²) < 4.78 is 0. The minimum Gasteiger partial charge on any atom is -0.343 e. The van der Waals surface area contributed by atoms with E-state index >= 15 is 0 Å². The number of carbonyl (C=O) groups excluding carboxylic acids is 2. The third kappa shape index (κ3) is 4.49. The zero-order valence-corrected chi connectivity index (χ0v) is 16.3. The van der Waals surface area contributed by atoms with Crippen LogP contribution < -0.4 is 10.9 Å². The number of halogens is 2. The Hall–Kier alpha value is -2.90. The molecule has 0 unspecified atom stereocenters. The van der Waals surface area contributed by atoms with Gasteiger partial charge in [-0.3, -0.25) is 14.4 Å². The lowest BCUT2D eigenvalue weighted by molar-refractivity contribution is -0.129. The Morgan fingerprint density at radius 2 is 1.93 bits per heavy atom. The van der Waals surface area contributed by atoms with Crippen molar-refractivity contribution in [1.82, 2.24) is 20.2 Å². The van der Waals surface area contributed by atoms with Crippen LogP contribution in [0.1, 0.15) is 16.2 Å². The molecule has 9 heteroatoms. The van der Waals surface area contributed by atoms with E-state index < -0.39 is 5.91 Å². The molecule has 3 aromatic rings. The van der Waals surface area contributed by atoms with E-state index in [2.05, 4.69) is 15.3 Å². The quantitative estimate of drug-likeness (QED) is 0.665. The van der Waals surface area contributed by atoms with Gasteiger partial charge in [0.25, 0.3) is 11.5 Å². The van der Waals surface area contributed by atoms with Crippen molar-refractivity contribution in [3.63, 3.8) is 0 Å². The highest BCUT2D eigenvalue weighted by atomic mass is 35.5. The molecule has 0 atom stereocenters. The number of nitrogens with zero attached hydrogens (tertiary/aromatic N) is 2. The second-order valence-corrected chi connectivity index (χ2v) is 6.93. The number of nitrogens with one attached hydrogen (secondary N) is 2. The summed E-state index contributed by atoms with van der Waals surface area (Å²) in [5.74, 6) is -0.485. The molecular formula is C19H16Cl2N4O3. The summed E-state index contributed by atoms with van der Waals surface area (Å²) in [7, 11) is 1.55. The van der Waals surface area contributed by atoms with E-state index in [0.29, 0.717) is 21.7 Å². The highest BCUT2D eigenvalue weighted by molar-refractivity contribution is 6.36. The standard InChI is InChI=1S/C19H16Cl2N4O3/c1-25(10-16-23-15-5-3-2-4-13(15)19(28)24-16)17(26)9-22-18(27)12-7-6-11(20)8-14(12)21/h2-8H,9-10H2,1H3,(H,22,27)(H,23,24,28). The molecule has 2 amide bonds. The SMILES string of the molecule is CN(Cc1nc2ccccc2c(=O)[nH]1)C(=O)CNC(=O)c1ccc(Cl)cc1Cl. The second kappa shape index (κ2) is 8.41. The van der Waals surface area contributed by atoms with Crippen molar-refractivity contribution < 1.29 is 9.59 Å². The van der Waals surface area contributed by atoms with Crippen molar-refractivity contribution in [2.45, 2.75) is 6.54 Å². The van der Waals surface area contributed by atoms with Gasteiger partial charge in [0.2, 0.25) is 5.91 Å². The van der Waals surface area contributed by atoms with Crippen molar-refractivity contribution in [3.8, 4) is 0 Å². The minimum absolute atomic E-state index is 0.0937. The summed E-state index contributed by atoms with van der Waals surface area (Å²) in [5.41, 5.74) is 0.502. The predicted molar refractivity (Wildman–Crippen MR) is 108 cm³/mol. The number of amides is 2. The predicted octanol–water partition coefficient (Wildman–Crippen LogP) is 2.62. The minimum atomic E-state index is -0.486. The smallest absolute Gasteiger partial charge is 0.258 e. The van der Waals surface area contributed by atoms with Crippen LogP contribution in [0.3, 0.4) is 0 Å². The first-order valence-corrected chi connectivity index (χ1v) is 9.06. The van der Waals surface area contributed by atoms with Gasteiger partial charge in [0.1, 0.15) is 5.82 Å². The summed E-state index contributed by atoms with van der Waals surface area (Å²) in [6, 6.07) is 11.4.